The molecule has 0 unspecified atom stereocenters. The molecule has 28 heavy (non-hydrogen) atoms. The largest absolute Gasteiger partial charge is 0.503 e. The second kappa shape index (κ2) is 7.57. The summed E-state index contributed by atoms with van der Waals surface area (Å²) >= 11 is 5.94. The molecule has 0 bridgehead atoms. The Morgan fingerprint density at radius 1 is 1.18 bits per heavy atom. The first-order valence-corrected chi connectivity index (χ1v) is 8.37. The van der Waals surface area contributed by atoms with Gasteiger partial charge in [0.25, 0.3) is 11.5 Å². The normalized spacial score (nSPS) is 10.8. The van der Waals surface area contributed by atoms with Crippen LogP contribution in [0.25, 0.3) is 5.52 Å². The zero-order chi connectivity index (χ0) is 20.4. The van der Waals surface area contributed by atoms with Gasteiger partial charge in [-0.05, 0) is 17.7 Å². The lowest BCUT2D eigenvalue weighted by Crippen LogP contribution is -2.34. The molecule has 3 aromatic rings. The van der Waals surface area contributed by atoms with Crippen molar-refractivity contribution in [1.29, 1.82) is 0 Å². The van der Waals surface area contributed by atoms with E-state index < -0.39 is 40.7 Å². The standard InChI is InChI=1S/C18H14ClN3O6/c19-11-3-1-2-10(6-11)8-22-5-4-21-9-12(17(27)20-7-13(23)24)15(25)16(26)14(21)18(22)28/h1-6,9,26H,7-8H2,(H,20,27)(H,23,24). The highest BCUT2D eigenvalue weighted by molar-refractivity contribution is 6.30. The zero-order valence-corrected chi connectivity index (χ0v) is 15.0. The van der Waals surface area contributed by atoms with Crippen molar-refractivity contribution in [3.05, 3.63) is 79.6 Å². The average Bonchev–Trinajstić information content (AvgIpc) is 2.64. The third-order valence-corrected chi connectivity index (χ3v) is 4.20. The Morgan fingerprint density at radius 3 is 2.61 bits per heavy atom. The minimum atomic E-state index is -1.29. The number of carboxylic acids is 1. The molecule has 1 aromatic carbocycles. The molecule has 1 amide bonds. The van der Waals surface area contributed by atoms with Gasteiger partial charge in [0.2, 0.25) is 5.43 Å². The molecule has 0 saturated carbocycles. The summed E-state index contributed by atoms with van der Waals surface area (Å²) in [6.45, 7) is -0.534. The molecule has 10 heteroatoms. The van der Waals surface area contributed by atoms with Gasteiger partial charge in [-0.25, -0.2) is 0 Å². The summed E-state index contributed by atoms with van der Waals surface area (Å²) in [5, 5.41) is 21.4. The fourth-order valence-electron chi connectivity index (χ4n) is 2.67. The maximum absolute atomic E-state index is 12.7. The van der Waals surface area contributed by atoms with Gasteiger partial charge < -0.3 is 24.5 Å². The predicted octanol–water partition coefficient (Wildman–Crippen LogP) is 0.683. The summed E-state index contributed by atoms with van der Waals surface area (Å²) < 4.78 is 2.42. The number of hydrogen-bond donors (Lipinski definition) is 3. The van der Waals surface area contributed by atoms with Crippen LogP contribution in [0.15, 0.2) is 52.4 Å². The minimum Gasteiger partial charge on any atom is -0.503 e. The Bertz CT molecular complexity index is 1210. The monoisotopic (exact) mass is 403 g/mol. The van der Waals surface area contributed by atoms with Crippen LogP contribution in [0.3, 0.4) is 0 Å². The maximum atomic E-state index is 12.7. The van der Waals surface area contributed by atoms with Crippen molar-refractivity contribution in [2.45, 2.75) is 6.54 Å². The van der Waals surface area contributed by atoms with Crippen LogP contribution in [0, 0.1) is 0 Å². The molecule has 0 atom stereocenters. The van der Waals surface area contributed by atoms with E-state index in [1.54, 1.807) is 24.3 Å². The van der Waals surface area contributed by atoms with Gasteiger partial charge in [0.05, 0.1) is 6.54 Å². The molecule has 144 valence electrons. The van der Waals surface area contributed by atoms with Crippen molar-refractivity contribution in [2.75, 3.05) is 6.54 Å². The number of nitrogens with one attached hydrogen (secondary N) is 1. The first kappa shape index (κ1) is 19.2. The van der Waals surface area contributed by atoms with E-state index in [0.717, 1.165) is 16.2 Å². The van der Waals surface area contributed by atoms with Gasteiger partial charge in [-0.15, -0.1) is 0 Å². The summed E-state index contributed by atoms with van der Waals surface area (Å²) in [6, 6.07) is 6.87. The van der Waals surface area contributed by atoms with Crippen LogP contribution >= 0.6 is 11.6 Å². The number of fused-ring (bicyclic) bond motifs is 1. The van der Waals surface area contributed by atoms with Gasteiger partial charge in [-0.1, -0.05) is 23.7 Å². The maximum Gasteiger partial charge on any atom is 0.322 e. The van der Waals surface area contributed by atoms with Crippen LogP contribution in [0.4, 0.5) is 0 Å². The molecule has 0 fully saturated rings. The van der Waals surface area contributed by atoms with Gasteiger partial charge in [0.15, 0.2) is 11.3 Å². The smallest absolute Gasteiger partial charge is 0.322 e. The Hall–Kier alpha value is -3.59. The molecule has 0 aliphatic carbocycles. The van der Waals surface area contributed by atoms with Crippen molar-refractivity contribution in [3.8, 4) is 5.75 Å². The van der Waals surface area contributed by atoms with Crippen molar-refractivity contribution in [2.24, 2.45) is 0 Å². The van der Waals surface area contributed by atoms with Crippen molar-refractivity contribution in [1.82, 2.24) is 14.3 Å². The molecule has 9 nitrogen and oxygen atoms in total. The van der Waals surface area contributed by atoms with E-state index in [4.69, 9.17) is 16.7 Å². The van der Waals surface area contributed by atoms with E-state index >= 15 is 0 Å². The average molecular weight is 404 g/mol. The van der Waals surface area contributed by atoms with Gasteiger partial charge in [-0.3, -0.25) is 19.2 Å². The van der Waals surface area contributed by atoms with Gasteiger partial charge in [0, 0.05) is 23.6 Å². The van der Waals surface area contributed by atoms with Crippen LogP contribution in [-0.4, -0.2) is 37.6 Å². The molecular weight excluding hydrogens is 390 g/mol. The number of carbonyl (C=O) groups is 2. The summed E-state index contributed by atoms with van der Waals surface area (Å²) in [4.78, 5) is 47.6. The molecule has 0 aliphatic heterocycles. The van der Waals surface area contributed by atoms with E-state index in [-0.39, 0.29) is 12.1 Å². The SMILES string of the molecule is O=C(O)CNC(=O)c1cn2ccn(Cc3cccc(Cl)c3)c(=O)c2c(O)c1=O. The zero-order valence-electron chi connectivity index (χ0n) is 14.3. The first-order chi connectivity index (χ1) is 13.3. The van der Waals surface area contributed by atoms with Crippen LogP contribution in [0.5, 0.6) is 5.75 Å². The minimum absolute atomic E-state index is 0.157. The molecule has 0 aliphatic rings. The topological polar surface area (TPSA) is 130 Å². The van der Waals surface area contributed by atoms with E-state index in [0.29, 0.717) is 5.02 Å². The molecule has 2 aromatic heterocycles. The number of hydrogen-bond acceptors (Lipinski definition) is 5. The van der Waals surface area contributed by atoms with E-state index in [9.17, 15) is 24.3 Å². The molecule has 3 N–H and O–H groups in total. The number of aromatic nitrogens is 2. The van der Waals surface area contributed by atoms with Crippen LogP contribution < -0.4 is 16.3 Å². The number of nitrogens with zero attached hydrogens (tertiary/aromatic N) is 2. The van der Waals surface area contributed by atoms with E-state index in [1.165, 1.54) is 17.0 Å². The van der Waals surface area contributed by atoms with Crippen LogP contribution in [0.1, 0.15) is 15.9 Å². The third-order valence-electron chi connectivity index (χ3n) is 3.97. The van der Waals surface area contributed by atoms with E-state index in [1.807, 2.05) is 5.32 Å². The van der Waals surface area contributed by atoms with Crippen molar-refractivity contribution < 1.29 is 19.8 Å². The Morgan fingerprint density at radius 2 is 1.93 bits per heavy atom. The highest BCUT2D eigenvalue weighted by Gasteiger charge is 2.19. The Labute approximate surface area is 162 Å². The number of aliphatic carboxylic acids is 1. The van der Waals surface area contributed by atoms with Crippen molar-refractivity contribution in [3.63, 3.8) is 0 Å². The first-order valence-electron chi connectivity index (χ1n) is 7.99. The molecular formula is C18H14ClN3O6. The highest BCUT2D eigenvalue weighted by atomic mass is 35.5. The van der Waals surface area contributed by atoms with Gasteiger partial charge >= 0.3 is 5.97 Å². The number of aromatic hydroxyl groups is 1. The number of halogens is 1. The number of pyridine rings is 1. The third kappa shape index (κ3) is 3.74. The molecule has 3 rings (SSSR count). The van der Waals surface area contributed by atoms with Crippen molar-refractivity contribution >= 4 is 29.0 Å². The summed E-state index contributed by atoms with van der Waals surface area (Å²) in [5.41, 5.74) is -1.76. The predicted molar refractivity (Wildman–Crippen MR) is 100 cm³/mol. The van der Waals surface area contributed by atoms with Crippen LogP contribution in [-0.2, 0) is 11.3 Å². The van der Waals surface area contributed by atoms with E-state index in [2.05, 4.69) is 0 Å². The summed E-state index contributed by atoms with van der Waals surface area (Å²) in [5.74, 6) is -3.16. The quantitative estimate of drug-likeness (QED) is 0.574. The number of carboxylic acid groups (broad SMARTS) is 1. The molecule has 2 heterocycles. The molecule has 0 spiro atoms. The fourth-order valence-corrected chi connectivity index (χ4v) is 2.89. The lowest BCUT2D eigenvalue weighted by molar-refractivity contribution is -0.135. The number of carbonyl (C=O) groups excluding carboxylic acids is 1. The fraction of sp³-hybridized carbons (Fsp3) is 0.111. The second-order valence-corrected chi connectivity index (χ2v) is 6.35. The summed E-state index contributed by atoms with van der Waals surface area (Å²) in [6.07, 6.45) is 3.90. The number of benzene rings is 1. The lowest BCUT2D eigenvalue weighted by Gasteiger charge is -2.11. The summed E-state index contributed by atoms with van der Waals surface area (Å²) in [7, 11) is 0. The van der Waals surface area contributed by atoms with Gasteiger partial charge in [0.1, 0.15) is 12.1 Å². The van der Waals surface area contributed by atoms with Gasteiger partial charge in [-0.2, -0.15) is 0 Å². The second-order valence-electron chi connectivity index (χ2n) is 5.91. The number of amides is 1. The number of rotatable bonds is 5. The molecule has 0 radical (unpaired) electrons. The lowest BCUT2D eigenvalue weighted by atomic mass is 10.2. The Balaban J connectivity index is 2.06. The highest BCUT2D eigenvalue weighted by Crippen LogP contribution is 2.13. The Kier molecular flexibility index (Phi) is 5.18. The van der Waals surface area contributed by atoms with Crippen LogP contribution in [0.2, 0.25) is 5.02 Å². The molecule has 0 saturated heterocycles.